The van der Waals surface area contributed by atoms with Crippen molar-refractivity contribution < 1.29 is 5.11 Å². The molecule has 0 aliphatic heterocycles. The number of aromatic nitrogens is 1. The first kappa shape index (κ1) is 10.6. The first-order valence-corrected chi connectivity index (χ1v) is 5.22. The van der Waals surface area contributed by atoms with Gasteiger partial charge < -0.3 is 15.7 Å². The minimum absolute atomic E-state index is 0.201. The van der Waals surface area contributed by atoms with E-state index in [9.17, 15) is 0 Å². The quantitative estimate of drug-likeness (QED) is 0.535. The summed E-state index contributed by atoms with van der Waals surface area (Å²) in [5.74, 6) is 0. The Morgan fingerprint density at radius 1 is 1.31 bits per heavy atom. The molecule has 0 radical (unpaired) electrons. The Labute approximate surface area is 82.0 Å². The Hall–Kier alpha value is -0.490. The van der Waals surface area contributed by atoms with E-state index in [1.165, 1.54) is 0 Å². The second-order valence-corrected chi connectivity index (χ2v) is 3.56. The normalized spacial score (nSPS) is 10.5. The highest BCUT2D eigenvalue weighted by atomic mass is 32.1. The van der Waals surface area contributed by atoms with Crippen LogP contribution in [0.15, 0.2) is 11.6 Å². The molecule has 1 aromatic rings. The van der Waals surface area contributed by atoms with Crippen LogP contribution in [0.4, 0.5) is 0 Å². The van der Waals surface area contributed by atoms with Gasteiger partial charge in [-0.15, -0.1) is 11.3 Å². The smallest absolute Gasteiger partial charge is 0.106 e. The molecule has 4 nitrogen and oxygen atoms in total. The highest BCUT2D eigenvalue weighted by Crippen LogP contribution is 2.01. The van der Waals surface area contributed by atoms with Gasteiger partial charge in [0, 0.05) is 37.8 Å². The third-order valence-corrected chi connectivity index (χ3v) is 2.31. The summed E-state index contributed by atoms with van der Waals surface area (Å²) in [6, 6.07) is 0. The molecule has 0 aromatic carbocycles. The summed E-state index contributed by atoms with van der Waals surface area (Å²) >= 11 is 1.66. The van der Waals surface area contributed by atoms with Crippen LogP contribution in [0.1, 0.15) is 5.01 Å². The van der Waals surface area contributed by atoms with Crippen molar-refractivity contribution in [2.75, 3.05) is 26.2 Å². The fourth-order valence-electron chi connectivity index (χ4n) is 0.916. The van der Waals surface area contributed by atoms with Crippen molar-refractivity contribution in [1.29, 1.82) is 0 Å². The molecule has 0 bridgehead atoms. The lowest BCUT2D eigenvalue weighted by atomic mass is 10.5. The Kier molecular flexibility index (Phi) is 5.67. The third-order valence-electron chi connectivity index (χ3n) is 1.53. The van der Waals surface area contributed by atoms with Crippen molar-refractivity contribution in [3.05, 3.63) is 16.6 Å². The van der Waals surface area contributed by atoms with Crippen LogP contribution in [0.2, 0.25) is 0 Å². The minimum Gasteiger partial charge on any atom is -0.395 e. The first-order valence-electron chi connectivity index (χ1n) is 4.34. The van der Waals surface area contributed by atoms with Crippen LogP contribution in [0.25, 0.3) is 0 Å². The molecule has 5 heteroatoms. The fourth-order valence-corrected chi connectivity index (χ4v) is 1.50. The van der Waals surface area contributed by atoms with Crippen molar-refractivity contribution in [3.63, 3.8) is 0 Å². The number of aliphatic hydroxyl groups is 1. The number of nitrogens with one attached hydrogen (secondary N) is 2. The lowest BCUT2D eigenvalue weighted by Crippen LogP contribution is -2.28. The zero-order valence-electron chi connectivity index (χ0n) is 7.49. The molecule has 13 heavy (non-hydrogen) atoms. The number of hydrogen-bond donors (Lipinski definition) is 3. The van der Waals surface area contributed by atoms with Gasteiger partial charge in [-0.1, -0.05) is 0 Å². The molecule has 0 atom stereocenters. The Morgan fingerprint density at radius 3 is 2.85 bits per heavy atom. The third kappa shape index (κ3) is 4.94. The predicted molar refractivity (Wildman–Crippen MR) is 53.8 cm³/mol. The average Bonchev–Trinajstić information content (AvgIpc) is 2.63. The van der Waals surface area contributed by atoms with Crippen LogP contribution in [0.3, 0.4) is 0 Å². The standard InChI is InChI=1S/C8H15N3OS/c12-5-3-9-1-2-10-7-8-11-4-6-13-8/h4,6,9-10,12H,1-3,5,7H2. The van der Waals surface area contributed by atoms with E-state index in [4.69, 9.17) is 5.11 Å². The van der Waals surface area contributed by atoms with Gasteiger partial charge in [-0.2, -0.15) is 0 Å². The summed E-state index contributed by atoms with van der Waals surface area (Å²) in [5, 5.41) is 17.9. The lowest BCUT2D eigenvalue weighted by molar-refractivity contribution is 0.292. The van der Waals surface area contributed by atoms with Crippen LogP contribution in [0.5, 0.6) is 0 Å². The molecule has 3 N–H and O–H groups in total. The molecule has 0 aliphatic carbocycles. The van der Waals surface area contributed by atoms with Gasteiger partial charge in [0.2, 0.25) is 0 Å². The van der Waals surface area contributed by atoms with Gasteiger partial charge >= 0.3 is 0 Å². The largest absolute Gasteiger partial charge is 0.395 e. The second kappa shape index (κ2) is 6.97. The maximum absolute atomic E-state index is 8.48. The monoisotopic (exact) mass is 201 g/mol. The molecule has 0 saturated heterocycles. The molecule has 0 saturated carbocycles. The molecule has 0 spiro atoms. The summed E-state index contributed by atoms with van der Waals surface area (Å²) in [7, 11) is 0. The molecule has 0 aliphatic rings. The fraction of sp³-hybridized carbons (Fsp3) is 0.625. The van der Waals surface area contributed by atoms with E-state index in [1.54, 1.807) is 11.3 Å². The summed E-state index contributed by atoms with van der Waals surface area (Å²) in [6.45, 7) is 3.48. The average molecular weight is 201 g/mol. The SMILES string of the molecule is OCCNCCNCc1nccs1. The van der Waals surface area contributed by atoms with Crippen LogP contribution in [-0.4, -0.2) is 36.3 Å². The van der Waals surface area contributed by atoms with Gasteiger partial charge in [0.15, 0.2) is 0 Å². The minimum atomic E-state index is 0.201. The van der Waals surface area contributed by atoms with Crippen molar-refractivity contribution in [2.24, 2.45) is 0 Å². The van der Waals surface area contributed by atoms with E-state index in [-0.39, 0.29) is 6.61 Å². The number of nitrogens with zero attached hydrogens (tertiary/aromatic N) is 1. The summed E-state index contributed by atoms with van der Waals surface area (Å²) in [6.07, 6.45) is 1.81. The first-order chi connectivity index (χ1) is 6.43. The summed E-state index contributed by atoms with van der Waals surface area (Å²) in [4.78, 5) is 4.15. The van der Waals surface area contributed by atoms with E-state index in [0.29, 0.717) is 6.54 Å². The van der Waals surface area contributed by atoms with E-state index >= 15 is 0 Å². The van der Waals surface area contributed by atoms with Crippen LogP contribution in [0, 0.1) is 0 Å². The zero-order chi connectivity index (χ0) is 9.36. The van der Waals surface area contributed by atoms with E-state index in [2.05, 4.69) is 15.6 Å². The molecular formula is C8H15N3OS. The Bertz CT molecular complexity index is 203. The number of aliphatic hydroxyl groups excluding tert-OH is 1. The molecular weight excluding hydrogens is 186 g/mol. The summed E-state index contributed by atoms with van der Waals surface area (Å²) < 4.78 is 0. The van der Waals surface area contributed by atoms with E-state index in [0.717, 1.165) is 24.6 Å². The van der Waals surface area contributed by atoms with Gasteiger partial charge in [-0.05, 0) is 0 Å². The van der Waals surface area contributed by atoms with Crippen LogP contribution in [-0.2, 0) is 6.54 Å². The summed E-state index contributed by atoms with van der Waals surface area (Å²) in [5.41, 5.74) is 0. The second-order valence-electron chi connectivity index (χ2n) is 2.58. The molecule has 0 amide bonds. The van der Waals surface area contributed by atoms with Gasteiger partial charge in [0.1, 0.15) is 5.01 Å². The van der Waals surface area contributed by atoms with Crippen molar-refractivity contribution in [3.8, 4) is 0 Å². The molecule has 1 heterocycles. The zero-order valence-corrected chi connectivity index (χ0v) is 8.31. The van der Waals surface area contributed by atoms with Gasteiger partial charge in [0.25, 0.3) is 0 Å². The van der Waals surface area contributed by atoms with Crippen molar-refractivity contribution >= 4 is 11.3 Å². The van der Waals surface area contributed by atoms with Gasteiger partial charge in [0.05, 0.1) is 6.61 Å². The Morgan fingerprint density at radius 2 is 2.15 bits per heavy atom. The lowest BCUT2D eigenvalue weighted by Gasteiger charge is -2.03. The topological polar surface area (TPSA) is 57.2 Å². The molecule has 1 rings (SSSR count). The van der Waals surface area contributed by atoms with Crippen LogP contribution >= 0.6 is 11.3 Å². The molecule has 0 fully saturated rings. The van der Waals surface area contributed by atoms with E-state index < -0.39 is 0 Å². The van der Waals surface area contributed by atoms with E-state index in [1.807, 2.05) is 11.6 Å². The maximum Gasteiger partial charge on any atom is 0.106 e. The molecule has 74 valence electrons. The number of hydrogen-bond acceptors (Lipinski definition) is 5. The highest BCUT2D eigenvalue weighted by molar-refractivity contribution is 7.09. The maximum atomic E-state index is 8.48. The number of rotatable bonds is 7. The molecule has 0 unspecified atom stereocenters. The highest BCUT2D eigenvalue weighted by Gasteiger charge is 1.93. The van der Waals surface area contributed by atoms with Crippen molar-refractivity contribution in [2.45, 2.75) is 6.54 Å². The van der Waals surface area contributed by atoms with Crippen molar-refractivity contribution in [1.82, 2.24) is 15.6 Å². The van der Waals surface area contributed by atoms with Gasteiger partial charge in [-0.25, -0.2) is 4.98 Å². The van der Waals surface area contributed by atoms with Crippen LogP contribution < -0.4 is 10.6 Å². The molecule has 1 aromatic heterocycles. The Balaban J connectivity index is 1.90. The predicted octanol–water partition coefficient (Wildman–Crippen LogP) is -0.185. The number of thiazole rings is 1. The van der Waals surface area contributed by atoms with Gasteiger partial charge in [-0.3, -0.25) is 0 Å².